The summed E-state index contributed by atoms with van der Waals surface area (Å²) >= 11 is 0. The molecule has 1 fully saturated rings. The second-order valence-corrected chi connectivity index (χ2v) is 16.7. The van der Waals surface area contributed by atoms with Gasteiger partial charge in [0.15, 0.2) is 0 Å². The summed E-state index contributed by atoms with van der Waals surface area (Å²) in [5, 5.41) is 3.36. The van der Waals surface area contributed by atoms with Crippen LogP contribution in [0, 0.1) is 11.8 Å². The molecule has 0 radical (unpaired) electrons. The van der Waals surface area contributed by atoms with Gasteiger partial charge in [-0.1, -0.05) is 162 Å². The van der Waals surface area contributed by atoms with Gasteiger partial charge in [-0.3, -0.25) is 19.3 Å². The molecule has 0 spiro atoms. The molecule has 1 aliphatic rings. The largest absolute Gasteiger partial charge is 0.466 e. The Morgan fingerprint density at radius 1 is 0.566 bits per heavy atom. The predicted octanol–water partition coefficient (Wildman–Crippen LogP) is 12.3. The van der Waals surface area contributed by atoms with Gasteiger partial charge in [0.25, 0.3) is 0 Å². The molecular formula is C46H88N2O5. The first kappa shape index (κ1) is 49.4. The van der Waals surface area contributed by atoms with Crippen LogP contribution in [0.15, 0.2) is 0 Å². The van der Waals surface area contributed by atoms with Gasteiger partial charge in [-0.2, -0.15) is 0 Å². The number of likely N-dealkylation sites (N-methyl/N-ethyl adjacent to an activating group) is 1. The zero-order chi connectivity index (χ0) is 38.6. The van der Waals surface area contributed by atoms with Crippen molar-refractivity contribution >= 4 is 17.8 Å². The van der Waals surface area contributed by atoms with Gasteiger partial charge < -0.3 is 14.8 Å². The third-order valence-electron chi connectivity index (χ3n) is 11.6. The minimum atomic E-state index is -0.00338. The van der Waals surface area contributed by atoms with Crippen LogP contribution in [-0.4, -0.2) is 62.1 Å². The smallest absolute Gasteiger partial charge is 0.306 e. The molecule has 2 atom stereocenters. The molecule has 2 unspecified atom stereocenters. The fourth-order valence-corrected chi connectivity index (χ4v) is 7.89. The highest BCUT2D eigenvalue weighted by Crippen LogP contribution is 2.25. The Balaban J connectivity index is 2.61. The number of unbranched alkanes of at least 4 members (excludes halogenated alkanes) is 2. The quantitative estimate of drug-likeness (QED) is 0.224. The Labute approximate surface area is 328 Å². The van der Waals surface area contributed by atoms with Gasteiger partial charge in [-0.25, -0.2) is 0 Å². The fraction of sp³-hybridized carbons (Fsp3) is 0.935. The topological polar surface area (TPSA) is 84.9 Å². The number of esters is 2. The molecule has 0 saturated carbocycles. The highest BCUT2D eigenvalue weighted by Gasteiger charge is 2.17. The lowest BCUT2D eigenvalue weighted by Crippen LogP contribution is -2.41. The third-order valence-corrected chi connectivity index (χ3v) is 11.6. The molecular weight excluding hydrogens is 661 g/mol. The van der Waals surface area contributed by atoms with E-state index in [0.717, 1.165) is 70.8 Å². The van der Waals surface area contributed by atoms with Crippen molar-refractivity contribution in [2.24, 2.45) is 11.8 Å². The number of hydrogen-bond acceptors (Lipinski definition) is 6. The van der Waals surface area contributed by atoms with Crippen molar-refractivity contribution in [3.63, 3.8) is 0 Å². The monoisotopic (exact) mass is 749 g/mol. The van der Waals surface area contributed by atoms with Crippen LogP contribution in [0.1, 0.15) is 226 Å². The summed E-state index contributed by atoms with van der Waals surface area (Å²) in [7, 11) is 2.01. The molecule has 0 aromatic carbocycles. The Kier molecular flexibility index (Phi) is 33.6. The summed E-state index contributed by atoms with van der Waals surface area (Å²) in [6.45, 7) is 9.04. The molecule has 7 heteroatoms. The Hall–Kier alpha value is -1.63. The van der Waals surface area contributed by atoms with Crippen LogP contribution in [0.4, 0.5) is 0 Å². The van der Waals surface area contributed by atoms with Gasteiger partial charge in [0, 0.05) is 18.9 Å². The van der Waals surface area contributed by atoms with E-state index in [1.54, 1.807) is 0 Å². The minimum Gasteiger partial charge on any atom is -0.466 e. The lowest BCUT2D eigenvalue weighted by atomic mass is 9.90. The van der Waals surface area contributed by atoms with Crippen molar-refractivity contribution in [2.45, 2.75) is 232 Å². The minimum absolute atomic E-state index is 0.00338. The van der Waals surface area contributed by atoms with Crippen molar-refractivity contribution in [2.75, 3.05) is 33.4 Å². The number of nitrogens with one attached hydrogen (secondary N) is 1. The summed E-state index contributed by atoms with van der Waals surface area (Å²) in [5.74, 6) is 1.04. The number of cyclic esters (lactones) is 2. The number of carbonyl (C=O) groups is 3. The molecule has 1 saturated heterocycles. The average Bonchev–Trinajstić information content (AvgIpc) is 3.14. The van der Waals surface area contributed by atoms with E-state index in [9.17, 15) is 14.4 Å². The normalized spacial score (nSPS) is 23.9. The highest BCUT2D eigenvalue weighted by atomic mass is 16.5. The van der Waals surface area contributed by atoms with Gasteiger partial charge >= 0.3 is 11.9 Å². The fourth-order valence-electron chi connectivity index (χ4n) is 7.89. The second kappa shape index (κ2) is 36.0. The van der Waals surface area contributed by atoms with Gasteiger partial charge in [0.05, 0.1) is 19.8 Å². The number of hydrogen-bond donors (Lipinski definition) is 1. The summed E-state index contributed by atoms with van der Waals surface area (Å²) in [5.41, 5.74) is 0. The lowest BCUT2D eigenvalue weighted by molar-refractivity contribution is -0.146. The summed E-state index contributed by atoms with van der Waals surface area (Å²) in [6, 6.07) is 0.286. The van der Waals surface area contributed by atoms with E-state index in [2.05, 4.69) is 31.0 Å². The SMILES string of the molecule is CCCCC1CCCCCCC(CCCC)CC(=O)OCCCCCCCCCCC(NC(=O)CN(C)CC)CCCCCCCCCCOC(=O)C1. The molecule has 1 amide bonds. The molecule has 0 bridgehead atoms. The van der Waals surface area contributed by atoms with Crippen LogP contribution in [0.25, 0.3) is 0 Å². The lowest BCUT2D eigenvalue weighted by Gasteiger charge is -2.21. The second-order valence-electron chi connectivity index (χ2n) is 16.7. The zero-order valence-electron chi connectivity index (χ0n) is 35.7. The number of ether oxygens (including phenoxy) is 2. The first-order valence-corrected chi connectivity index (χ1v) is 23.2. The van der Waals surface area contributed by atoms with Crippen LogP contribution in [0.5, 0.6) is 0 Å². The summed E-state index contributed by atoms with van der Waals surface area (Å²) in [4.78, 5) is 40.1. The number of carbonyl (C=O) groups excluding carboxylic acids is 3. The molecule has 53 heavy (non-hydrogen) atoms. The van der Waals surface area contributed by atoms with Crippen LogP contribution in [0.3, 0.4) is 0 Å². The highest BCUT2D eigenvalue weighted by molar-refractivity contribution is 5.78. The zero-order valence-corrected chi connectivity index (χ0v) is 35.7. The standard InChI is InChI=1S/C46H88N2O5/c1-5-8-30-41-32-24-20-21-25-33-42(31-9-6-2)39-46(51)53-37-29-23-17-13-11-15-19-27-35-43(47-44(49)40-48(4)7-3)34-26-18-14-10-12-16-22-28-36-52-45(50)38-41/h41-43H,5-40H2,1-4H3,(H,47,49). The average molecular weight is 749 g/mol. The van der Waals surface area contributed by atoms with E-state index in [1.165, 1.54) is 128 Å². The van der Waals surface area contributed by atoms with E-state index in [-0.39, 0.29) is 23.9 Å². The van der Waals surface area contributed by atoms with Crippen LogP contribution in [-0.2, 0) is 23.9 Å². The van der Waals surface area contributed by atoms with Gasteiger partial charge in [0.1, 0.15) is 0 Å². The van der Waals surface area contributed by atoms with E-state index < -0.39 is 0 Å². The molecule has 1 N–H and O–H groups in total. The van der Waals surface area contributed by atoms with Gasteiger partial charge in [-0.05, 0) is 76.8 Å². The third kappa shape index (κ3) is 31.3. The van der Waals surface area contributed by atoms with Gasteiger partial charge in [-0.15, -0.1) is 0 Å². The molecule has 312 valence electrons. The van der Waals surface area contributed by atoms with E-state index in [4.69, 9.17) is 9.47 Å². The maximum Gasteiger partial charge on any atom is 0.306 e. The molecule has 0 aromatic heterocycles. The number of amides is 1. The van der Waals surface area contributed by atoms with Crippen molar-refractivity contribution in [3.05, 3.63) is 0 Å². The first-order valence-electron chi connectivity index (χ1n) is 23.2. The maximum atomic E-state index is 12.7. The van der Waals surface area contributed by atoms with Gasteiger partial charge in [0.2, 0.25) is 5.91 Å². The van der Waals surface area contributed by atoms with Crippen molar-refractivity contribution < 1.29 is 23.9 Å². The molecule has 0 aliphatic carbocycles. The molecule has 7 nitrogen and oxygen atoms in total. The number of rotatable bonds is 10. The molecule has 1 rings (SSSR count). The molecule has 1 aliphatic heterocycles. The summed E-state index contributed by atoms with van der Waals surface area (Å²) in [6.07, 6.45) is 36.3. The van der Waals surface area contributed by atoms with E-state index in [1.807, 2.05) is 7.05 Å². The van der Waals surface area contributed by atoms with Crippen molar-refractivity contribution in [1.82, 2.24) is 10.2 Å². The summed E-state index contributed by atoms with van der Waals surface area (Å²) < 4.78 is 11.4. The van der Waals surface area contributed by atoms with Crippen molar-refractivity contribution in [3.8, 4) is 0 Å². The Morgan fingerprint density at radius 3 is 1.30 bits per heavy atom. The van der Waals surface area contributed by atoms with Crippen molar-refractivity contribution in [1.29, 1.82) is 0 Å². The van der Waals surface area contributed by atoms with E-state index in [0.29, 0.717) is 44.4 Å². The predicted molar refractivity (Wildman–Crippen MR) is 223 cm³/mol. The van der Waals surface area contributed by atoms with Crippen LogP contribution < -0.4 is 5.32 Å². The molecule has 1 heterocycles. The molecule has 0 aromatic rings. The number of nitrogens with zero attached hydrogens (tertiary/aromatic N) is 1. The van der Waals surface area contributed by atoms with Crippen LogP contribution in [0.2, 0.25) is 0 Å². The first-order chi connectivity index (χ1) is 25.9. The Bertz CT molecular complexity index is 811. The Morgan fingerprint density at radius 2 is 0.925 bits per heavy atom. The van der Waals surface area contributed by atoms with E-state index >= 15 is 0 Å². The maximum absolute atomic E-state index is 12.7. The van der Waals surface area contributed by atoms with Crippen LogP contribution >= 0.6 is 0 Å².